The molecule has 1 N–H and O–H groups in total. The second kappa shape index (κ2) is 4.01. The lowest BCUT2D eigenvalue weighted by Crippen LogP contribution is -2.35. The molecular weight excluding hydrogens is 220 g/mol. The highest BCUT2D eigenvalue weighted by atomic mass is 32.2. The van der Waals surface area contributed by atoms with Crippen molar-refractivity contribution in [1.82, 2.24) is 0 Å². The van der Waals surface area contributed by atoms with Gasteiger partial charge in [0.25, 0.3) is 10.1 Å². The molecule has 0 unspecified atom stereocenters. The SMILES string of the molecule is O=S(=O)(O)CC1CCC2(CCOO2)CC1. The molecule has 1 aliphatic carbocycles. The smallest absolute Gasteiger partial charge is 0.265 e. The lowest BCUT2D eigenvalue weighted by atomic mass is 9.78. The third-order valence-corrected chi connectivity index (χ3v) is 4.23. The Bertz CT molecular complexity index is 307. The van der Waals surface area contributed by atoms with Gasteiger partial charge in [-0.15, -0.1) is 0 Å². The molecule has 15 heavy (non-hydrogen) atoms. The van der Waals surface area contributed by atoms with Crippen molar-refractivity contribution in [1.29, 1.82) is 0 Å². The minimum atomic E-state index is -3.83. The van der Waals surface area contributed by atoms with Crippen molar-refractivity contribution >= 4 is 10.1 Å². The van der Waals surface area contributed by atoms with E-state index < -0.39 is 10.1 Å². The van der Waals surface area contributed by atoms with Crippen LogP contribution in [0.15, 0.2) is 0 Å². The molecule has 0 aromatic carbocycles. The first-order chi connectivity index (χ1) is 6.99. The lowest BCUT2D eigenvalue weighted by molar-refractivity contribution is -0.315. The summed E-state index contributed by atoms with van der Waals surface area (Å²) in [6.45, 7) is 0.628. The van der Waals surface area contributed by atoms with Gasteiger partial charge in [0.15, 0.2) is 0 Å². The van der Waals surface area contributed by atoms with E-state index in [2.05, 4.69) is 0 Å². The van der Waals surface area contributed by atoms with Gasteiger partial charge in [-0.3, -0.25) is 4.55 Å². The topological polar surface area (TPSA) is 72.8 Å². The Hall–Kier alpha value is -0.170. The fourth-order valence-corrected chi connectivity index (χ4v) is 3.37. The molecule has 0 atom stereocenters. The van der Waals surface area contributed by atoms with Gasteiger partial charge in [-0.05, 0) is 31.6 Å². The molecule has 0 aromatic rings. The van der Waals surface area contributed by atoms with Crippen LogP contribution in [0.4, 0.5) is 0 Å². The van der Waals surface area contributed by atoms with Crippen LogP contribution in [0, 0.1) is 5.92 Å². The fraction of sp³-hybridized carbons (Fsp3) is 1.00. The van der Waals surface area contributed by atoms with Crippen LogP contribution in [0.2, 0.25) is 0 Å². The van der Waals surface area contributed by atoms with Crippen molar-refractivity contribution in [3.05, 3.63) is 0 Å². The summed E-state index contributed by atoms with van der Waals surface area (Å²) in [5.74, 6) is -0.0564. The molecule has 0 aromatic heterocycles. The molecule has 0 radical (unpaired) electrons. The summed E-state index contributed by atoms with van der Waals surface area (Å²) in [7, 11) is -3.83. The molecule has 6 heteroatoms. The standard InChI is InChI=1S/C9H16O5S/c10-15(11,12)7-8-1-3-9(4-2-8)5-6-13-14-9/h8H,1-7H2,(H,10,11,12). The van der Waals surface area contributed by atoms with Gasteiger partial charge in [0.2, 0.25) is 0 Å². The predicted octanol–water partition coefficient (Wildman–Crippen LogP) is 1.16. The molecule has 1 spiro atoms. The number of hydrogen-bond donors (Lipinski definition) is 1. The molecule has 88 valence electrons. The van der Waals surface area contributed by atoms with Crippen LogP contribution in [0.25, 0.3) is 0 Å². The first kappa shape index (κ1) is 11.3. The first-order valence-corrected chi connectivity index (χ1v) is 6.86. The van der Waals surface area contributed by atoms with E-state index in [9.17, 15) is 8.42 Å². The summed E-state index contributed by atoms with van der Waals surface area (Å²) >= 11 is 0. The maximum Gasteiger partial charge on any atom is 0.265 e. The van der Waals surface area contributed by atoms with E-state index in [1.165, 1.54) is 0 Å². The Kier molecular flexibility index (Phi) is 3.03. The summed E-state index contributed by atoms with van der Waals surface area (Å²) in [5.41, 5.74) is -0.171. The first-order valence-electron chi connectivity index (χ1n) is 5.25. The van der Waals surface area contributed by atoms with Crippen LogP contribution in [-0.2, 0) is 19.9 Å². The van der Waals surface area contributed by atoms with Gasteiger partial charge < -0.3 is 0 Å². The van der Waals surface area contributed by atoms with Crippen molar-refractivity contribution in [2.45, 2.75) is 37.7 Å². The second-order valence-electron chi connectivity index (χ2n) is 4.53. The minimum Gasteiger partial charge on any atom is -0.286 e. The summed E-state index contributed by atoms with van der Waals surface area (Å²) in [5, 5.41) is 0. The van der Waals surface area contributed by atoms with E-state index in [0.717, 1.165) is 32.1 Å². The zero-order chi connectivity index (χ0) is 10.9. The van der Waals surface area contributed by atoms with Crippen molar-refractivity contribution in [2.24, 2.45) is 5.92 Å². The molecule has 1 saturated heterocycles. The Labute approximate surface area is 89.4 Å². The average molecular weight is 236 g/mol. The summed E-state index contributed by atoms with van der Waals surface area (Å²) < 4.78 is 30.2. The summed E-state index contributed by atoms with van der Waals surface area (Å²) in [6.07, 6.45) is 4.11. The van der Waals surface area contributed by atoms with Gasteiger partial charge in [0.1, 0.15) is 5.60 Å². The van der Waals surface area contributed by atoms with E-state index in [1.807, 2.05) is 0 Å². The van der Waals surface area contributed by atoms with Crippen LogP contribution in [0.1, 0.15) is 32.1 Å². The molecule has 0 bridgehead atoms. The molecule has 2 fully saturated rings. The molecule has 2 rings (SSSR count). The molecule has 1 heterocycles. The molecule has 0 amide bonds. The lowest BCUT2D eigenvalue weighted by Gasteiger charge is -2.33. The maximum absolute atomic E-state index is 10.7. The second-order valence-corrected chi connectivity index (χ2v) is 6.03. The molecule has 1 saturated carbocycles. The van der Waals surface area contributed by atoms with E-state index in [0.29, 0.717) is 6.61 Å². The van der Waals surface area contributed by atoms with Gasteiger partial charge in [-0.1, -0.05) is 0 Å². The number of hydrogen-bond acceptors (Lipinski definition) is 4. The normalized spacial score (nSPS) is 37.3. The van der Waals surface area contributed by atoms with Gasteiger partial charge in [-0.2, -0.15) is 8.42 Å². The monoisotopic (exact) mass is 236 g/mol. The quantitative estimate of drug-likeness (QED) is 0.575. The van der Waals surface area contributed by atoms with Gasteiger partial charge in [0, 0.05) is 6.42 Å². The predicted molar refractivity (Wildman–Crippen MR) is 52.8 cm³/mol. The summed E-state index contributed by atoms with van der Waals surface area (Å²) in [4.78, 5) is 10.2. The Morgan fingerprint density at radius 2 is 1.93 bits per heavy atom. The zero-order valence-corrected chi connectivity index (χ0v) is 9.33. The van der Waals surface area contributed by atoms with Gasteiger partial charge >= 0.3 is 0 Å². The molecular formula is C9H16O5S. The van der Waals surface area contributed by atoms with Gasteiger partial charge in [-0.25, -0.2) is 9.78 Å². The molecule has 5 nitrogen and oxygen atoms in total. The third kappa shape index (κ3) is 2.90. The van der Waals surface area contributed by atoms with Crippen molar-refractivity contribution in [2.75, 3.05) is 12.4 Å². The van der Waals surface area contributed by atoms with E-state index in [4.69, 9.17) is 14.3 Å². The van der Waals surface area contributed by atoms with Crippen molar-refractivity contribution < 1.29 is 22.7 Å². The summed E-state index contributed by atoms with van der Waals surface area (Å²) in [6, 6.07) is 0. The van der Waals surface area contributed by atoms with Crippen LogP contribution in [-0.4, -0.2) is 30.9 Å². The van der Waals surface area contributed by atoms with Crippen molar-refractivity contribution in [3.63, 3.8) is 0 Å². The molecule has 2 aliphatic rings. The largest absolute Gasteiger partial charge is 0.286 e. The highest BCUT2D eigenvalue weighted by Crippen LogP contribution is 2.40. The van der Waals surface area contributed by atoms with Crippen LogP contribution >= 0.6 is 0 Å². The average Bonchev–Trinajstić information content (AvgIpc) is 2.56. The fourth-order valence-electron chi connectivity index (χ4n) is 2.44. The van der Waals surface area contributed by atoms with Crippen LogP contribution in [0.5, 0.6) is 0 Å². The maximum atomic E-state index is 10.7. The highest BCUT2D eigenvalue weighted by molar-refractivity contribution is 7.85. The van der Waals surface area contributed by atoms with E-state index in [1.54, 1.807) is 0 Å². The Morgan fingerprint density at radius 1 is 1.27 bits per heavy atom. The Balaban J connectivity index is 1.87. The van der Waals surface area contributed by atoms with Crippen LogP contribution in [0.3, 0.4) is 0 Å². The third-order valence-electron chi connectivity index (χ3n) is 3.34. The zero-order valence-electron chi connectivity index (χ0n) is 8.52. The van der Waals surface area contributed by atoms with Crippen molar-refractivity contribution in [3.8, 4) is 0 Å². The molecule has 1 aliphatic heterocycles. The van der Waals surface area contributed by atoms with Crippen LogP contribution < -0.4 is 0 Å². The van der Waals surface area contributed by atoms with E-state index in [-0.39, 0.29) is 17.3 Å². The van der Waals surface area contributed by atoms with E-state index >= 15 is 0 Å². The number of rotatable bonds is 2. The van der Waals surface area contributed by atoms with Gasteiger partial charge in [0.05, 0.1) is 12.4 Å². The highest BCUT2D eigenvalue weighted by Gasteiger charge is 2.41. The minimum absolute atomic E-state index is 0.0647. The Morgan fingerprint density at radius 3 is 2.40 bits per heavy atom.